The summed E-state index contributed by atoms with van der Waals surface area (Å²) in [5.41, 5.74) is 0. The second kappa shape index (κ2) is 5.03. The Morgan fingerprint density at radius 2 is 2.13 bits per heavy atom. The third kappa shape index (κ3) is 2.63. The van der Waals surface area contributed by atoms with E-state index in [9.17, 15) is 0 Å². The highest BCUT2D eigenvalue weighted by atomic mass is 16.6. The van der Waals surface area contributed by atoms with Gasteiger partial charge in [0.1, 0.15) is 13.2 Å². The van der Waals surface area contributed by atoms with E-state index in [1.165, 1.54) is 6.42 Å². The van der Waals surface area contributed by atoms with Gasteiger partial charge in [0.2, 0.25) is 0 Å². The zero-order valence-electron chi connectivity index (χ0n) is 9.11. The first-order chi connectivity index (χ1) is 7.40. The fourth-order valence-electron chi connectivity index (χ4n) is 1.69. The summed E-state index contributed by atoms with van der Waals surface area (Å²) in [5, 5.41) is 2.28. The molecule has 3 heteroatoms. The van der Waals surface area contributed by atoms with Crippen LogP contribution in [0.2, 0.25) is 0 Å². The van der Waals surface area contributed by atoms with Crippen molar-refractivity contribution in [3.05, 3.63) is 24.3 Å². The highest BCUT2D eigenvalue weighted by Gasteiger charge is 2.21. The number of quaternary nitrogens is 1. The first kappa shape index (κ1) is 10.3. The van der Waals surface area contributed by atoms with Gasteiger partial charge in [0.05, 0.1) is 6.54 Å². The van der Waals surface area contributed by atoms with E-state index in [1.54, 1.807) is 0 Å². The zero-order chi connectivity index (χ0) is 10.5. The molecule has 1 atom stereocenters. The standard InChI is InChI=1S/C12H17NO2/c1-2-7-13-8-10-9-14-11-5-3-4-6-12(11)15-10/h3-6,10,13H,2,7-9H2,1H3/p+1/t10-/m0/s1. The van der Waals surface area contributed by atoms with Gasteiger partial charge < -0.3 is 14.8 Å². The summed E-state index contributed by atoms with van der Waals surface area (Å²) in [6, 6.07) is 7.84. The summed E-state index contributed by atoms with van der Waals surface area (Å²) in [7, 11) is 0. The summed E-state index contributed by atoms with van der Waals surface area (Å²) in [6.45, 7) is 4.98. The van der Waals surface area contributed by atoms with E-state index in [4.69, 9.17) is 9.47 Å². The van der Waals surface area contributed by atoms with E-state index in [0.29, 0.717) is 6.61 Å². The maximum absolute atomic E-state index is 5.82. The maximum Gasteiger partial charge on any atom is 0.181 e. The SMILES string of the molecule is CCC[NH2+]C[C@H]1COc2ccccc2O1. The van der Waals surface area contributed by atoms with E-state index < -0.39 is 0 Å². The number of fused-ring (bicyclic) bond motifs is 1. The number of rotatable bonds is 4. The normalized spacial score (nSPS) is 18.9. The predicted octanol–water partition coefficient (Wildman–Crippen LogP) is 0.800. The number of para-hydroxylation sites is 2. The second-order valence-corrected chi connectivity index (χ2v) is 3.81. The molecule has 15 heavy (non-hydrogen) atoms. The van der Waals surface area contributed by atoms with Crippen LogP contribution in [0.25, 0.3) is 0 Å². The minimum absolute atomic E-state index is 0.187. The van der Waals surface area contributed by atoms with Gasteiger partial charge in [-0.25, -0.2) is 0 Å². The molecule has 1 aliphatic heterocycles. The number of benzene rings is 1. The molecule has 3 nitrogen and oxygen atoms in total. The molecule has 2 rings (SSSR count). The van der Waals surface area contributed by atoms with Crippen molar-refractivity contribution in [2.24, 2.45) is 0 Å². The highest BCUT2D eigenvalue weighted by molar-refractivity contribution is 5.40. The molecule has 0 saturated heterocycles. The summed E-state index contributed by atoms with van der Waals surface area (Å²) in [6.07, 6.45) is 1.39. The lowest BCUT2D eigenvalue weighted by Crippen LogP contribution is -2.87. The van der Waals surface area contributed by atoms with Crippen molar-refractivity contribution in [3.63, 3.8) is 0 Å². The van der Waals surface area contributed by atoms with Gasteiger partial charge >= 0.3 is 0 Å². The maximum atomic E-state index is 5.82. The molecule has 0 aliphatic carbocycles. The predicted molar refractivity (Wildman–Crippen MR) is 58.3 cm³/mol. The van der Waals surface area contributed by atoms with Crippen LogP contribution in [0.4, 0.5) is 0 Å². The third-order valence-corrected chi connectivity index (χ3v) is 2.49. The van der Waals surface area contributed by atoms with Crippen molar-refractivity contribution in [1.29, 1.82) is 0 Å². The lowest BCUT2D eigenvalue weighted by Gasteiger charge is -2.25. The molecule has 0 aromatic heterocycles. The third-order valence-electron chi connectivity index (χ3n) is 2.49. The average Bonchev–Trinajstić information content (AvgIpc) is 2.29. The first-order valence-corrected chi connectivity index (χ1v) is 5.60. The Kier molecular flexibility index (Phi) is 3.45. The number of hydrogen-bond donors (Lipinski definition) is 1. The highest BCUT2D eigenvalue weighted by Crippen LogP contribution is 2.30. The van der Waals surface area contributed by atoms with Crippen molar-refractivity contribution in [2.45, 2.75) is 19.4 Å². The molecule has 0 spiro atoms. The molecule has 0 saturated carbocycles. The summed E-state index contributed by atoms with van der Waals surface area (Å²) in [5.74, 6) is 1.74. The number of ether oxygens (including phenoxy) is 2. The Labute approximate surface area is 90.4 Å². The first-order valence-electron chi connectivity index (χ1n) is 5.60. The molecule has 2 N–H and O–H groups in total. The van der Waals surface area contributed by atoms with Gasteiger partial charge in [-0.05, 0) is 18.6 Å². The Morgan fingerprint density at radius 1 is 1.33 bits per heavy atom. The van der Waals surface area contributed by atoms with Crippen LogP contribution in [0, 0.1) is 0 Å². The molecule has 0 bridgehead atoms. The van der Waals surface area contributed by atoms with Gasteiger partial charge in [-0.1, -0.05) is 19.1 Å². The molecule has 82 valence electrons. The average molecular weight is 208 g/mol. The number of nitrogens with two attached hydrogens (primary N) is 1. The van der Waals surface area contributed by atoms with E-state index in [0.717, 1.165) is 24.6 Å². The number of hydrogen-bond acceptors (Lipinski definition) is 2. The van der Waals surface area contributed by atoms with Crippen LogP contribution >= 0.6 is 0 Å². The molecule has 1 aliphatic rings. The van der Waals surface area contributed by atoms with Crippen LogP contribution < -0.4 is 14.8 Å². The van der Waals surface area contributed by atoms with Gasteiger partial charge in [-0.3, -0.25) is 0 Å². The van der Waals surface area contributed by atoms with Crippen molar-refractivity contribution >= 4 is 0 Å². The van der Waals surface area contributed by atoms with Gasteiger partial charge in [0.15, 0.2) is 17.6 Å². The van der Waals surface area contributed by atoms with Crippen molar-refractivity contribution in [2.75, 3.05) is 19.7 Å². The molecule has 0 amide bonds. The largest absolute Gasteiger partial charge is 0.486 e. The van der Waals surface area contributed by atoms with Crippen LogP contribution in [0.5, 0.6) is 11.5 Å². The Hall–Kier alpha value is -1.22. The van der Waals surface area contributed by atoms with Crippen molar-refractivity contribution in [1.82, 2.24) is 0 Å². The summed E-state index contributed by atoms with van der Waals surface area (Å²) in [4.78, 5) is 0. The summed E-state index contributed by atoms with van der Waals surface area (Å²) >= 11 is 0. The van der Waals surface area contributed by atoms with Gasteiger partial charge in [0.25, 0.3) is 0 Å². The van der Waals surface area contributed by atoms with E-state index >= 15 is 0 Å². The molecule has 0 unspecified atom stereocenters. The van der Waals surface area contributed by atoms with Crippen LogP contribution in [0.15, 0.2) is 24.3 Å². The molecule has 0 radical (unpaired) electrons. The van der Waals surface area contributed by atoms with Crippen LogP contribution in [0.1, 0.15) is 13.3 Å². The van der Waals surface area contributed by atoms with Gasteiger partial charge in [0, 0.05) is 0 Å². The van der Waals surface area contributed by atoms with E-state index in [2.05, 4.69) is 12.2 Å². The van der Waals surface area contributed by atoms with Crippen LogP contribution in [0.3, 0.4) is 0 Å². The van der Waals surface area contributed by atoms with Gasteiger partial charge in [-0.2, -0.15) is 0 Å². The Balaban J connectivity index is 1.88. The molecule has 0 fully saturated rings. The monoisotopic (exact) mass is 208 g/mol. The molecule has 1 aromatic rings. The molecule has 1 heterocycles. The van der Waals surface area contributed by atoms with Crippen LogP contribution in [-0.4, -0.2) is 25.8 Å². The molecular formula is C12H18NO2+. The quantitative estimate of drug-likeness (QED) is 0.743. The second-order valence-electron chi connectivity index (χ2n) is 3.81. The lowest BCUT2D eigenvalue weighted by molar-refractivity contribution is -0.660. The Bertz CT molecular complexity index is 314. The Morgan fingerprint density at radius 3 is 2.93 bits per heavy atom. The smallest absolute Gasteiger partial charge is 0.181 e. The topological polar surface area (TPSA) is 35.1 Å². The molecule has 1 aromatic carbocycles. The minimum Gasteiger partial charge on any atom is -0.486 e. The fourth-order valence-corrected chi connectivity index (χ4v) is 1.69. The van der Waals surface area contributed by atoms with Crippen molar-refractivity contribution in [3.8, 4) is 11.5 Å². The van der Waals surface area contributed by atoms with E-state index in [1.807, 2.05) is 24.3 Å². The summed E-state index contributed by atoms with van der Waals surface area (Å²) < 4.78 is 11.4. The molecular weight excluding hydrogens is 190 g/mol. The lowest BCUT2D eigenvalue weighted by atomic mass is 10.2. The van der Waals surface area contributed by atoms with Gasteiger partial charge in [-0.15, -0.1) is 0 Å². The minimum atomic E-state index is 0.187. The van der Waals surface area contributed by atoms with Crippen LogP contribution in [-0.2, 0) is 0 Å². The van der Waals surface area contributed by atoms with Crippen molar-refractivity contribution < 1.29 is 14.8 Å². The zero-order valence-corrected chi connectivity index (χ0v) is 9.11. The van der Waals surface area contributed by atoms with E-state index in [-0.39, 0.29) is 6.10 Å². The fraction of sp³-hybridized carbons (Fsp3) is 0.500.